The lowest BCUT2D eigenvalue weighted by Crippen LogP contribution is -2.36. The van der Waals surface area contributed by atoms with Gasteiger partial charge in [-0.2, -0.15) is 0 Å². The second-order valence-corrected chi connectivity index (χ2v) is 6.53. The Morgan fingerprint density at radius 2 is 2.00 bits per heavy atom. The molecule has 1 aromatic carbocycles. The second-order valence-electron chi connectivity index (χ2n) is 5.67. The molecule has 1 atom stereocenters. The Labute approximate surface area is 132 Å². The van der Waals surface area contributed by atoms with E-state index in [1.54, 1.807) is 39.0 Å². The summed E-state index contributed by atoms with van der Waals surface area (Å²) in [6, 6.07) is 4.40. The van der Waals surface area contributed by atoms with Gasteiger partial charge in [0.25, 0.3) is 0 Å². The summed E-state index contributed by atoms with van der Waals surface area (Å²) in [6.07, 6.45) is -0.607. The van der Waals surface area contributed by atoms with Gasteiger partial charge >= 0.3 is 6.09 Å². The lowest BCUT2D eigenvalue weighted by Gasteiger charge is -2.23. The summed E-state index contributed by atoms with van der Waals surface area (Å²) in [5.41, 5.74) is 0.618. The van der Waals surface area contributed by atoms with E-state index in [0.29, 0.717) is 15.6 Å². The Bertz CT molecular complexity index is 537. The van der Waals surface area contributed by atoms with Crippen LogP contribution in [0.15, 0.2) is 22.7 Å². The average Bonchev–Trinajstić information content (AvgIpc) is 2.34. The highest BCUT2D eigenvalue weighted by Crippen LogP contribution is 2.25. The number of aliphatic hydroxyl groups excluding tert-OH is 1. The van der Waals surface area contributed by atoms with Crippen molar-refractivity contribution >= 4 is 27.8 Å². The maximum absolute atomic E-state index is 11.8. The molecule has 0 radical (unpaired) electrons. The molecular weight excluding hydrogens is 338 g/mol. The minimum absolute atomic E-state index is 0.0529. The van der Waals surface area contributed by atoms with E-state index in [0.717, 1.165) is 0 Å². The molecule has 116 valence electrons. The van der Waals surface area contributed by atoms with E-state index in [4.69, 9.17) is 4.74 Å². The summed E-state index contributed by atoms with van der Waals surface area (Å²) in [4.78, 5) is 23.1. The van der Waals surface area contributed by atoms with E-state index in [1.165, 1.54) is 6.92 Å². The first kappa shape index (κ1) is 17.7. The number of carbonyl (C=O) groups excluding carboxylic acids is 2. The maximum atomic E-state index is 11.8. The molecule has 0 aliphatic heterocycles. The summed E-state index contributed by atoms with van der Waals surface area (Å²) in [6.45, 7) is 6.48. The van der Waals surface area contributed by atoms with Crippen molar-refractivity contribution in [3.63, 3.8) is 0 Å². The summed E-state index contributed by atoms with van der Waals surface area (Å²) >= 11 is 3.35. The zero-order valence-corrected chi connectivity index (χ0v) is 14.2. The molecule has 0 bridgehead atoms. The average molecular weight is 358 g/mol. The van der Waals surface area contributed by atoms with E-state index in [1.807, 2.05) is 0 Å². The van der Waals surface area contributed by atoms with Crippen LogP contribution in [0.25, 0.3) is 0 Å². The number of carbonyl (C=O) groups is 2. The van der Waals surface area contributed by atoms with Gasteiger partial charge in [0, 0.05) is 10.0 Å². The van der Waals surface area contributed by atoms with Gasteiger partial charge in [-0.1, -0.05) is 28.1 Å². The number of halogens is 1. The van der Waals surface area contributed by atoms with Crippen LogP contribution in [0.3, 0.4) is 0 Å². The number of amides is 1. The number of rotatable bonds is 4. The molecular formula is C15H20BrNO4. The highest BCUT2D eigenvalue weighted by Gasteiger charge is 2.21. The number of ketones is 1. The summed E-state index contributed by atoms with van der Waals surface area (Å²) in [5.74, 6) is -0.0529. The van der Waals surface area contributed by atoms with E-state index >= 15 is 0 Å². The van der Waals surface area contributed by atoms with Gasteiger partial charge in [0.05, 0.1) is 12.6 Å². The van der Waals surface area contributed by atoms with Crippen LogP contribution in [0, 0.1) is 0 Å². The zero-order valence-electron chi connectivity index (χ0n) is 12.6. The molecule has 0 aromatic heterocycles. The van der Waals surface area contributed by atoms with Crippen LogP contribution < -0.4 is 5.32 Å². The van der Waals surface area contributed by atoms with Crippen LogP contribution in [-0.2, 0) is 4.74 Å². The fraction of sp³-hybridized carbons (Fsp3) is 0.467. The molecule has 0 aliphatic rings. The van der Waals surface area contributed by atoms with E-state index < -0.39 is 17.7 Å². The smallest absolute Gasteiger partial charge is 0.408 e. The Morgan fingerprint density at radius 1 is 1.38 bits per heavy atom. The van der Waals surface area contributed by atoms with Crippen LogP contribution in [-0.4, -0.2) is 29.2 Å². The molecule has 0 spiro atoms. The summed E-state index contributed by atoms with van der Waals surface area (Å²) in [5, 5.41) is 12.1. The molecule has 0 saturated heterocycles. The molecule has 1 unspecified atom stereocenters. The third-order valence-corrected chi connectivity index (χ3v) is 3.34. The third-order valence-electron chi connectivity index (χ3n) is 2.66. The fourth-order valence-electron chi connectivity index (χ4n) is 1.70. The number of alkyl carbamates (subject to hydrolysis) is 1. The van der Waals surface area contributed by atoms with Crippen LogP contribution >= 0.6 is 15.9 Å². The van der Waals surface area contributed by atoms with Crippen molar-refractivity contribution in [1.29, 1.82) is 0 Å². The number of Topliss-reactive ketones (excluding diaryl/α,β-unsaturated/α-hetero) is 1. The largest absolute Gasteiger partial charge is 0.444 e. The van der Waals surface area contributed by atoms with Gasteiger partial charge in [-0.05, 0) is 39.3 Å². The van der Waals surface area contributed by atoms with Crippen molar-refractivity contribution in [2.75, 3.05) is 6.61 Å². The van der Waals surface area contributed by atoms with Gasteiger partial charge in [-0.25, -0.2) is 4.79 Å². The zero-order chi connectivity index (χ0) is 16.2. The van der Waals surface area contributed by atoms with Gasteiger partial charge in [0.2, 0.25) is 0 Å². The van der Waals surface area contributed by atoms with Crippen LogP contribution in [0.2, 0.25) is 0 Å². The van der Waals surface area contributed by atoms with Crippen molar-refractivity contribution in [2.24, 2.45) is 0 Å². The van der Waals surface area contributed by atoms with Crippen molar-refractivity contribution in [3.8, 4) is 0 Å². The molecule has 0 aliphatic carbocycles. The lowest BCUT2D eigenvalue weighted by atomic mass is 10.0. The number of ether oxygens (including phenoxy) is 1. The first-order valence-electron chi connectivity index (χ1n) is 6.55. The molecule has 6 heteroatoms. The summed E-state index contributed by atoms with van der Waals surface area (Å²) < 4.78 is 5.81. The highest BCUT2D eigenvalue weighted by atomic mass is 79.9. The standard InChI is InChI=1S/C15H20BrNO4/c1-9(19)10-5-6-11(12(16)7-10)13(8-18)17-14(20)21-15(2,3)4/h5-7,13,18H,8H2,1-4H3,(H,17,20). The van der Waals surface area contributed by atoms with Gasteiger partial charge in [-0.3, -0.25) is 4.79 Å². The number of hydrogen-bond donors (Lipinski definition) is 2. The third kappa shape index (κ3) is 5.47. The molecule has 0 saturated carbocycles. The maximum Gasteiger partial charge on any atom is 0.408 e. The molecule has 0 fully saturated rings. The van der Waals surface area contributed by atoms with Gasteiger partial charge in [0.15, 0.2) is 5.78 Å². The van der Waals surface area contributed by atoms with Crippen LogP contribution in [0.1, 0.15) is 49.7 Å². The monoisotopic (exact) mass is 357 g/mol. The lowest BCUT2D eigenvalue weighted by molar-refractivity contribution is 0.0481. The van der Waals surface area contributed by atoms with Crippen molar-refractivity contribution in [3.05, 3.63) is 33.8 Å². The minimum Gasteiger partial charge on any atom is -0.444 e. The van der Waals surface area contributed by atoms with E-state index in [9.17, 15) is 14.7 Å². The van der Waals surface area contributed by atoms with Crippen LogP contribution in [0.5, 0.6) is 0 Å². The predicted molar refractivity (Wildman–Crippen MR) is 83.3 cm³/mol. The van der Waals surface area contributed by atoms with Crippen molar-refractivity contribution in [1.82, 2.24) is 5.32 Å². The first-order valence-corrected chi connectivity index (χ1v) is 7.34. The second kappa shape index (κ2) is 7.04. The SMILES string of the molecule is CC(=O)c1ccc(C(CO)NC(=O)OC(C)(C)C)c(Br)c1. The number of hydrogen-bond acceptors (Lipinski definition) is 4. The minimum atomic E-state index is -0.616. The van der Waals surface area contributed by atoms with Crippen molar-refractivity contribution < 1.29 is 19.4 Å². The Balaban J connectivity index is 2.90. The quantitative estimate of drug-likeness (QED) is 0.811. The highest BCUT2D eigenvalue weighted by molar-refractivity contribution is 9.10. The molecule has 1 rings (SSSR count). The Kier molecular flexibility index (Phi) is 5.92. The number of aliphatic hydroxyl groups is 1. The summed E-state index contributed by atoms with van der Waals surface area (Å²) in [7, 11) is 0. The normalized spacial score (nSPS) is 12.7. The predicted octanol–water partition coefficient (Wildman–Crippen LogP) is 3.21. The molecule has 1 aromatic rings. The van der Waals surface area contributed by atoms with Gasteiger partial charge < -0.3 is 15.2 Å². The molecule has 1 amide bonds. The fourth-order valence-corrected chi connectivity index (χ4v) is 2.36. The van der Waals surface area contributed by atoms with Gasteiger partial charge in [0.1, 0.15) is 5.60 Å². The Hall–Kier alpha value is -1.40. The van der Waals surface area contributed by atoms with Crippen LogP contribution in [0.4, 0.5) is 4.79 Å². The van der Waals surface area contributed by atoms with Crippen molar-refractivity contribution in [2.45, 2.75) is 39.3 Å². The molecule has 0 heterocycles. The van der Waals surface area contributed by atoms with E-state index in [2.05, 4.69) is 21.2 Å². The van der Waals surface area contributed by atoms with Gasteiger partial charge in [-0.15, -0.1) is 0 Å². The molecule has 21 heavy (non-hydrogen) atoms. The number of benzene rings is 1. The first-order chi connectivity index (χ1) is 9.64. The Morgan fingerprint density at radius 3 is 2.43 bits per heavy atom. The topological polar surface area (TPSA) is 75.6 Å². The number of nitrogens with one attached hydrogen (secondary N) is 1. The van der Waals surface area contributed by atoms with E-state index in [-0.39, 0.29) is 12.4 Å². The molecule has 5 nitrogen and oxygen atoms in total. The molecule has 2 N–H and O–H groups in total.